The van der Waals surface area contributed by atoms with E-state index in [0.29, 0.717) is 46.0 Å². The summed E-state index contributed by atoms with van der Waals surface area (Å²) < 4.78 is 7.68. The molecule has 5 rings (SSSR count). The summed E-state index contributed by atoms with van der Waals surface area (Å²) in [5, 5.41) is 8.40. The van der Waals surface area contributed by atoms with E-state index in [-0.39, 0.29) is 0 Å². The molecule has 1 aromatic heterocycles. The topological polar surface area (TPSA) is 95.1 Å². The Kier molecular flexibility index (Phi) is 5.77. The van der Waals surface area contributed by atoms with Gasteiger partial charge in [-0.1, -0.05) is 66.2 Å². The van der Waals surface area contributed by atoms with Gasteiger partial charge in [-0.15, -0.1) is 5.10 Å². The average Bonchev–Trinajstić information content (AvgIpc) is 3.26. The SMILES string of the molecule is CC1=C(C(N)=O)C(c2cccc(OCc3ccccc3)c2)n2nc(-c3ccccc3Cl)nc2N1. The minimum Gasteiger partial charge on any atom is -0.489 e. The van der Waals surface area contributed by atoms with Crippen LogP contribution in [0.5, 0.6) is 5.75 Å². The molecule has 3 aromatic carbocycles. The van der Waals surface area contributed by atoms with Gasteiger partial charge in [0.05, 0.1) is 10.6 Å². The van der Waals surface area contributed by atoms with Crippen LogP contribution in [0.2, 0.25) is 5.02 Å². The lowest BCUT2D eigenvalue weighted by Gasteiger charge is -2.27. The number of carbonyl (C=O) groups is 1. The molecular formula is C26H22ClN5O2. The Morgan fingerprint density at radius 1 is 1.09 bits per heavy atom. The summed E-state index contributed by atoms with van der Waals surface area (Å²) in [6, 6.07) is 24.3. The zero-order valence-electron chi connectivity index (χ0n) is 18.4. The predicted molar refractivity (Wildman–Crippen MR) is 131 cm³/mol. The summed E-state index contributed by atoms with van der Waals surface area (Å²) in [5.74, 6) is 1.09. The highest BCUT2D eigenvalue weighted by molar-refractivity contribution is 6.33. The van der Waals surface area contributed by atoms with Crippen LogP contribution < -0.4 is 15.8 Å². The van der Waals surface area contributed by atoms with E-state index in [2.05, 4.69) is 10.3 Å². The van der Waals surface area contributed by atoms with Crippen LogP contribution in [0.15, 0.2) is 90.1 Å². The average molecular weight is 472 g/mol. The number of aromatic nitrogens is 3. The second-order valence-corrected chi connectivity index (χ2v) is 8.37. The highest BCUT2D eigenvalue weighted by Crippen LogP contribution is 2.37. The third kappa shape index (κ3) is 4.13. The smallest absolute Gasteiger partial charge is 0.248 e. The van der Waals surface area contributed by atoms with Crippen molar-refractivity contribution in [1.29, 1.82) is 0 Å². The molecule has 1 atom stereocenters. The lowest BCUT2D eigenvalue weighted by atomic mass is 9.95. The van der Waals surface area contributed by atoms with Gasteiger partial charge in [0, 0.05) is 11.3 Å². The van der Waals surface area contributed by atoms with E-state index >= 15 is 0 Å². The third-order valence-electron chi connectivity index (χ3n) is 5.65. The van der Waals surface area contributed by atoms with Crippen LogP contribution in [0.1, 0.15) is 24.1 Å². The second-order valence-electron chi connectivity index (χ2n) is 7.96. The van der Waals surface area contributed by atoms with Crippen molar-refractivity contribution < 1.29 is 9.53 Å². The van der Waals surface area contributed by atoms with E-state index in [9.17, 15) is 4.79 Å². The number of nitrogens with zero attached hydrogens (tertiary/aromatic N) is 3. The number of nitrogens with two attached hydrogens (primary N) is 1. The van der Waals surface area contributed by atoms with Crippen molar-refractivity contribution in [3.8, 4) is 17.1 Å². The van der Waals surface area contributed by atoms with Crippen LogP contribution >= 0.6 is 11.6 Å². The van der Waals surface area contributed by atoms with Gasteiger partial charge >= 0.3 is 0 Å². The van der Waals surface area contributed by atoms with Crippen molar-refractivity contribution in [2.45, 2.75) is 19.6 Å². The molecular weight excluding hydrogens is 450 g/mol. The third-order valence-corrected chi connectivity index (χ3v) is 5.98. The summed E-state index contributed by atoms with van der Waals surface area (Å²) in [6.45, 7) is 2.23. The summed E-state index contributed by atoms with van der Waals surface area (Å²) in [7, 11) is 0. The van der Waals surface area contributed by atoms with E-state index in [1.54, 1.807) is 17.7 Å². The molecule has 3 N–H and O–H groups in total. The Labute approximate surface area is 201 Å². The normalized spacial score (nSPS) is 14.9. The van der Waals surface area contributed by atoms with Crippen LogP contribution in [0, 0.1) is 0 Å². The summed E-state index contributed by atoms with van der Waals surface area (Å²) in [4.78, 5) is 17.1. The number of fused-ring (bicyclic) bond motifs is 1. The number of rotatable bonds is 6. The zero-order valence-corrected chi connectivity index (χ0v) is 19.2. The number of halogens is 1. The van der Waals surface area contributed by atoms with Crippen LogP contribution in [-0.4, -0.2) is 20.7 Å². The van der Waals surface area contributed by atoms with E-state index in [0.717, 1.165) is 11.1 Å². The van der Waals surface area contributed by atoms with Crippen LogP contribution in [0.4, 0.5) is 5.95 Å². The van der Waals surface area contributed by atoms with Crippen molar-refractivity contribution in [1.82, 2.24) is 14.8 Å². The fourth-order valence-corrected chi connectivity index (χ4v) is 4.27. The fourth-order valence-electron chi connectivity index (χ4n) is 4.05. The minimum absolute atomic E-state index is 0.406. The van der Waals surface area contributed by atoms with Crippen molar-refractivity contribution in [3.05, 3.63) is 106 Å². The molecule has 0 saturated carbocycles. The maximum absolute atomic E-state index is 12.5. The van der Waals surface area contributed by atoms with Gasteiger partial charge in [0.25, 0.3) is 0 Å². The van der Waals surface area contributed by atoms with Crippen molar-refractivity contribution in [2.24, 2.45) is 5.73 Å². The number of nitrogens with one attached hydrogen (secondary N) is 1. The van der Waals surface area contributed by atoms with Gasteiger partial charge in [0.2, 0.25) is 11.9 Å². The molecule has 0 fully saturated rings. The first-order valence-corrected chi connectivity index (χ1v) is 11.1. The molecule has 34 heavy (non-hydrogen) atoms. The molecule has 8 heteroatoms. The highest BCUT2D eigenvalue weighted by Gasteiger charge is 2.33. The Morgan fingerprint density at radius 2 is 1.85 bits per heavy atom. The number of anilines is 1. The second kappa shape index (κ2) is 9.03. The van der Waals surface area contributed by atoms with Crippen LogP contribution in [0.3, 0.4) is 0 Å². The summed E-state index contributed by atoms with van der Waals surface area (Å²) in [6.07, 6.45) is 0. The Balaban J connectivity index is 1.55. The molecule has 2 heterocycles. The molecule has 7 nitrogen and oxygen atoms in total. The monoisotopic (exact) mass is 471 g/mol. The van der Waals surface area contributed by atoms with Crippen LogP contribution in [0.25, 0.3) is 11.4 Å². The Hall–Kier alpha value is -4.10. The fraction of sp³-hybridized carbons (Fsp3) is 0.115. The number of allylic oxidation sites excluding steroid dienone is 1. The molecule has 1 aliphatic rings. The van der Waals surface area contributed by atoms with E-state index in [4.69, 9.17) is 27.2 Å². The molecule has 4 aromatic rings. The van der Waals surface area contributed by atoms with Gasteiger partial charge < -0.3 is 15.8 Å². The molecule has 0 radical (unpaired) electrons. The number of amides is 1. The maximum Gasteiger partial charge on any atom is 0.248 e. The Bertz CT molecular complexity index is 1400. The van der Waals surface area contributed by atoms with E-state index < -0.39 is 11.9 Å². The van der Waals surface area contributed by atoms with Crippen molar-refractivity contribution >= 4 is 23.5 Å². The molecule has 0 bridgehead atoms. The van der Waals surface area contributed by atoms with E-state index in [1.807, 2.05) is 72.8 Å². The first kappa shape index (κ1) is 21.7. The number of hydrogen-bond donors (Lipinski definition) is 2. The number of hydrogen-bond acceptors (Lipinski definition) is 5. The van der Waals surface area contributed by atoms with Gasteiger partial charge in [-0.05, 0) is 42.3 Å². The molecule has 170 valence electrons. The summed E-state index contributed by atoms with van der Waals surface area (Å²) >= 11 is 6.38. The van der Waals surface area contributed by atoms with Gasteiger partial charge in [0.15, 0.2) is 5.82 Å². The number of benzene rings is 3. The highest BCUT2D eigenvalue weighted by atomic mass is 35.5. The van der Waals surface area contributed by atoms with E-state index in [1.165, 1.54) is 0 Å². The number of primary amides is 1. The molecule has 1 unspecified atom stereocenters. The van der Waals surface area contributed by atoms with Gasteiger partial charge in [0.1, 0.15) is 18.4 Å². The largest absolute Gasteiger partial charge is 0.489 e. The lowest BCUT2D eigenvalue weighted by molar-refractivity contribution is -0.115. The predicted octanol–water partition coefficient (Wildman–Crippen LogP) is 4.95. The maximum atomic E-state index is 12.5. The minimum atomic E-state index is -0.572. The Morgan fingerprint density at radius 3 is 2.62 bits per heavy atom. The lowest BCUT2D eigenvalue weighted by Crippen LogP contribution is -2.31. The molecule has 0 saturated heterocycles. The van der Waals surface area contributed by atoms with Gasteiger partial charge in [-0.3, -0.25) is 4.79 Å². The number of carbonyl (C=O) groups excluding carboxylic acids is 1. The standard InChI is InChI=1S/C26H22ClN5O2/c1-16-22(24(28)33)23(18-10-7-11-19(14-18)34-15-17-8-3-2-4-9-17)32-26(29-16)30-25(31-32)20-12-5-6-13-21(20)27/h2-14,23H,15H2,1H3,(H2,28,33)(H,29,30,31). The summed E-state index contributed by atoms with van der Waals surface area (Å²) in [5.41, 5.74) is 9.40. The number of ether oxygens (including phenoxy) is 1. The first-order chi connectivity index (χ1) is 16.5. The van der Waals surface area contributed by atoms with Gasteiger partial charge in [-0.2, -0.15) is 4.98 Å². The zero-order chi connectivity index (χ0) is 23.7. The van der Waals surface area contributed by atoms with Gasteiger partial charge in [-0.25, -0.2) is 4.68 Å². The quantitative estimate of drug-likeness (QED) is 0.414. The molecule has 1 amide bonds. The molecule has 0 spiro atoms. The molecule has 1 aliphatic heterocycles. The van der Waals surface area contributed by atoms with Crippen LogP contribution in [-0.2, 0) is 11.4 Å². The van der Waals surface area contributed by atoms with Crippen molar-refractivity contribution in [2.75, 3.05) is 5.32 Å². The van der Waals surface area contributed by atoms with Crippen molar-refractivity contribution in [3.63, 3.8) is 0 Å². The molecule has 0 aliphatic carbocycles. The first-order valence-electron chi connectivity index (χ1n) is 10.8.